The molecule has 1 N–H and O–H groups in total. The fourth-order valence-corrected chi connectivity index (χ4v) is 1.81. The second-order valence-corrected chi connectivity index (χ2v) is 4.43. The first-order valence-electron chi connectivity index (χ1n) is 6.26. The molecular formula is C15H16FNO3. The third-order valence-corrected chi connectivity index (χ3v) is 2.94. The lowest BCUT2D eigenvalue weighted by atomic mass is 10.2. The summed E-state index contributed by atoms with van der Waals surface area (Å²) in [4.78, 5) is 11.3. The van der Waals surface area contributed by atoms with Crippen LogP contribution in [0, 0.1) is 5.82 Å². The van der Waals surface area contributed by atoms with Crippen LogP contribution < -0.4 is 5.32 Å². The largest absolute Gasteiger partial charge is 0.463 e. The average molecular weight is 277 g/mol. The Morgan fingerprint density at radius 3 is 2.90 bits per heavy atom. The fourth-order valence-electron chi connectivity index (χ4n) is 1.81. The summed E-state index contributed by atoms with van der Waals surface area (Å²) in [6, 6.07) is 9.57. The third kappa shape index (κ3) is 3.45. The number of halogens is 1. The van der Waals surface area contributed by atoms with Crippen molar-refractivity contribution in [3.8, 4) is 0 Å². The number of hydrogen-bond donors (Lipinski definition) is 1. The Morgan fingerprint density at radius 2 is 2.20 bits per heavy atom. The molecule has 1 unspecified atom stereocenters. The third-order valence-electron chi connectivity index (χ3n) is 2.94. The predicted octanol–water partition coefficient (Wildman–Crippen LogP) is 3.06. The van der Waals surface area contributed by atoms with E-state index in [1.807, 2.05) is 13.0 Å². The van der Waals surface area contributed by atoms with Crippen LogP contribution in [0.25, 0.3) is 0 Å². The molecule has 1 aromatic carbocycles. The van der Waals surface area contributed by atoms with Gasteiger partial charge in [0.05, 0.1) is 13.2 Å². The summed E-state index contributed by atoms with van der Waals surface area (Å²) in [6.07, 6.45) is 0. The molecule has 0 saturated carbocycles. The molecule has 0 saturated heterocycles. The van der Waals surface area contributed by atoms with Crippen molar-refractivity contribution in [1.82, 2.24) is 5.32 Å². The van der Waals surface area contributed by atoms with E-state index < -0.39 is 5.97 Å². The summed E-state index contributed by atoms with van der Waals surface area (Å²) in [7, 11) is 1.30. The highest BCUT2D eigenvalue weighted by molar-refractivity contribution is 5.86. The minimum Gasteiger partial charge on any atom is -0.463 e. The summed E-state index contributed by atoms with van der Waals surface area (Å²) in [5.41, 5.74) is 0.844. The lowest BCUT2D eigenvalue weighted by molar-refractivity contribution is 0.0562. The Kier molecular flexibility index (Phi) is 4.53. The minimum atomic E-state index is -0.506. The highest BCUT2D eigenvalue weighted by Crippen LogP contribution is 2.17. The van der Waals surface area contributed by atoms with Crippen LogP contribution in [0.3, 0.4) is 0 Å². The zero-order valence-electron chi connectivity index (χ0n) is 11.4. The number of benzene rings is 1. The number of rotatable bonds is 5. The molecule has 0 bridgehead atoms. The summed E-state index contributed by atoms with van der Waals surface area (Å²) in [5, 5.41) is 3.20. The standard InChI is InChI=1S/C15H16FNO3/c1-10(13-6-7-14(20-13)15(18)19-2)17-9-11-4-3-5-12(16)8-11/h3-8,10,17H,9H2,1-2H3. The van der Waals surface area contributed by atoms with E-state index in [2.05, 4.69) is 10.1 Å². The van der Waals surface area contributed by atoms with Crippen molar-refractivity contribution in [2.24, 2.45) is 0 Å². The Morgan fingerprint density at radius 1 is 1.40 bits per heavy atom. The number of hydrogen-bond acceptors (Lipinski definition) is 4. The number of carbonyl (C=O) groups excluding carboxylic acids is 1. The van der Waals surface area contributed by atoms with Gasteiger partial charge in [-0.2, -0.15) is 0 Å². The molecule has 0 aliphatic heterocycles. The van der Waals surface area contributed by atoms with Gasteiger partial charge in [-0.15, -0.1) is 0 Å². The molecule has 0 spiro atoms. The molecule has 0 radical (unpaired) electrons. The van der Waals surface area contributed by atoms with Gasteiger partial charge < -0.3 is 14.5 Å². The molecule has 1 heterocycles. The van der Waals surface area contributed by atoms with Crippen molar-refractivity contribution in [3.63, 3.8) is 0 Å². The second-order valence-electron chi connectivity index (χ2n) is 4.43. The first-order valence-corrected chi connectivity index (χ1v) is 6.26. The minimum absolute atomic E-state index is 0.100. The smallest absolute Gasteiger partial charge is 0.373 e. The molecule has 0 amide bonds. The fraction of sp³-hybridized carbons (Fsp3) is 0.267. The lowest BCUT2D eigenvalue weighted by Gasteiger charge is -2.11. The number of carbonyl (C=O) groups is 1. The summed E-state index contributed by atoms with van der Waals surface area (Å²) in [5.74, 6) is 0.0280. The average Bonchev–Trinajstić information content (AvgIpc) is 2.94. The van der Waals surface area contributed by atoms with Gasteiger partial charge >= 0.3 is 5.97 Å². The van der Waals surface area contributed by atoms with Crippen LogP contribution in [0.2, 0.25) is 0 Å². The van der Waals surface area contributed by atoms with Gasteiger partial charge in [-0.05, 0) is 36.8 Å². The first kappa shape index (κ1) is 14.3. The van der Waals surface area contributed by atoms with Gasteiger partial charge in [0.15, 0.2) is 0 Å². The quantitative estimate of drug-likeness (QED) is 0.853. The Hall–Kier alpha value is -2.14. The number of nitrogens with one attached hydrogen (secondary N) is 1. The van der Waals surface area contributed by atoms with Crippen LogP contribution in [-0.4, -0.2) is 13.1 Å². The lowest BCUT2D eigenvalue weighted by Crippen LogP contribution is -2.17. The van der Waals surface area contributed by atoms with Crippen LogP contribution in [-0.2, 0) is 11.3 Å². The van der Waals surface area contributed by atoms with Crippen LogP contribution in [0.4, 0.5) is 4.39 Å². The number of ether oxygens (including phenoxy) is 1. The van der Waals surface area contributed by atoms with Crippen LogP contribution in [0.15, 0.2) is 40.8 Å². The molecule has 0 aliphatic carbocycles. The van der Waals surface area contributed by atoms with Crippen molar-refractivity contribution in [1.29, 1.82) is 0 Å². The van der Waals surface area contributed by atoms with Gasteiger partial charge in [-0.25, -0.2) is 9.18 Å². The highest BCUT2D eigenvalue weighted by Gasteiger charge is 2.14. The highest BCUT2D eigenvalue weighted by atomic mass is 19.1. The molecule has 0 fully saturated rings. The Bertz CT molecular complexity index is 594. The predicted molar refractivity (Wildman–Crippen MR) is 71.7 cm³/mol. The van der Waals surface area contributed by atoms with Gasteiger partial charge in [0.1, 0.15) is 11.6 Å². The summed E-state index contributed by atoms with van der Waals surface area (Å²) in [6.45, 7) is 2.41. The summed E-state index contributed by atoms with van der Waals surface area (Å²) >= 11 is 0. The molecular weight excluding hydrogens is 261 g/mol. The normalized spacial score (nSPS) is 12.2. The first-order chi connectivity index (χ1) is 9.60. The maximum Gasteiger partial charge on any atom is 0.373 e. The number of methoxy groups -OCH3 is 1. The van der Waals surface area contributed by atoms with Gasteiger partial charge in [0.25, 0.3) is 0 Å². The molecule has 0 aliphatic rings. The van der Waals surface area contributed by atoms with Gasteiger partial charge in [0.2, 0.25) is 5.76 Å². The molecule has 20 heavy (non-hydrogen) atoms. The van der Waals surface area contributed by atoms with Crippen molar-refractivity contribution in [2.75, 3.05) is 7.11 Å². The van der Waals surface area contributed by atoms with Crippen LogP contribution in [0.5, 0.6) is 0 Å². The van der Waals surface area contributed by atoms with Crippen LogP contribution in [0.1, 0.15) is 34.8 Å². The van der Waals surface area contributed by atoms with Crippen molar-refractivity contribution in [2.45, 2.75) is 19.5 Å². The number of furan rings is 1. The van der Waals surface area contributed by atoms with Gasteiger partial charge in [0, 0.05) is 6.54 Å². The Labute approximate surface area is 116 Å². The van der Waals surface area contributed by atoms with E-state index in [1.54, 1.807) is 18.2 Å². The Balaban J connectivity index is 1.96. The molecule has 106 valence electrons. The monoisotopic (exact) mass is 277 g/mol. The van der Waals surface area contributed by atoms with E-state index in [4.69, 9.17) is 4.42 Å². The SMILES string of the molecule is COC(=O)c1ccc(C(C)NCc2cccc(F)c2)o1. The zero-order valence-corrected chi connectivity index (χ0v) is 11.4. The van der Waals surface area contributed by atoms with E-state index in [1.165, 1.54) is 19.2 Å². The van der Waals surface area contributed by atoms with E-state index >= 15 is 0 Å². The molecule has 1 atom stereocenters. The van der Waals surface area contributed by atoms with Crippen LogP contribution >= 0.6 is 0 Å². The van der Waals surface area contributed by atoms with Gasteiger partial charge in [-0.1, -0.05) is 12.1 Å². The van der Waals surface area contributed by atoms with Crippen molar-refractivity contribution in [3.05, 3.63) is 59.3 Å². The summed E-state index contributed by atoms with van der Waals surface area (Å²) < 4.78 is 23.0. The second kappa shape index (κ2) is 6.34. The maximum absolute atomic E-state index is 13.0. The molecule has 4 nitrogen and oxygen atoms in total. The van der Waals surface area contributed by atoms with E-state index in [-0.39, 0.29) is 17.6 Å². The van der Waals surface area contributed by atoms with Crippen molar-refractivity contribution < 1.29 is 18.3 Å². The van der Waals surface area contributed by atoms with E-state index in [0.717, 1.165) is 5.56 Å². The molecule has 1 aromatic heterocycles. The molecule has 5 heteroatoms. The van der Waals surface area contributed by atoms with E-state index in [9.17, 15) is 9.18 Å². The zero-order chi connectivity index (χ0) is 14.5. The van der Waals surface area contributed by atoms with Crippen molar-refractivity contribution >= 4 is 5.97 Å². The molecule has 2 rings (SSSR count). The maximum atomic E-state index is 13.0. The van der Waals surface area contributed by atoms with Gasteiger partial charge in [-0.3, -0.25) is 0 Å². The molecule has 2 aromatic rings. The topological polar surface area (TPSA) is 51.5 Å². The number of esters is 1. The van der Waals surface area contributed by atoms with E-state index in [0.29, 0.717) is 12.3 Å².